The standard InChI is InChI=1S/C14H19FO.ClH/c1-14(2)8-7-11(9-14)13(16)10-3-5-12(15)6-4-10;/h3-6,11,13,16H,7-9H2,1-2H3;1H/t11-,13-;/m0./s1. The average molecular weight is 259 g/mol. The van der Waals surface area contributed by atoms with Gasteiger partial charge in [-0.1, -0.05) is 26.0 Å². The van der Waals surface area contributed by atoms with E-state index in [1.165, 1.54) is 12.1 Å². The monoisotopic (exact) mass is 258 g/mol. The van der Waals surface area contributed by atoms with Crippen molar-refractivity contribution in [3.05, 3.63) is 35.6 Å². The third-order valence-electron chi connectivity index (χ3n) is 3.66. The molecule has 3 heteroatoms. The molecule has 0 radical (unpaired) electrons. The molecule has 0 saturated heterocycles. The van der Waals surface area contributed by atoms with Crippen LogP contribution in [0.4, 0.5) is 4.39 Å². The van der Waals surface area contributed by atoms with E-state index in [2.05, 4.69) is 13.8 Å². The number of halogens is 2. The van der Waals surface area contributed by atoms with Gasteiger partial charge in [0.25, 0.3) is 0 Å². The van der Waals surface area contributed by atoms with Crippen molar-refractivity contribution in [2.75, 3.05) is 0 Å². The second-order valence-corrected chi connectivity index (χ2v) is 5.66. The molecule has 1 N–H and O–H groups in total. The van der Waals surface area contributed by atoms with Gasteiger partial charge in [0.05, 0.1) is 6.10 Å². The zero-order chi connectivity index (χ0) is 11.8. The molecule has 0 spiro atoms. The molecule has 1 nitrogen and oxygen atoms in total. The highest BCUT2D eigenvalue weighted by Gasteiger charge is 2.35. The highest BCUT2D eigenvalue weighted by atomic mass is 35.5. The Kier molecular flexibility index (Phi) is 4.56. The lowest BCUT2D eigenvalue weighted by atomic mass is 9.87. The summed E-state index contributed by atoms with van der Waals surface area (Å²) >= 11 is 0. The minimum absolute atomic E-state index is 0. The van der Waals surface area contributed by atoms with Crippen LogP contribution in [0.1, 0.15) is 44.8 Å². The number of aliphatic hydroxyl groups excluding tert-OH is 1. The van der Waals surface area contributed by atoms with Crippen molar-refractivity contribution in [3.8, 4) is 0 Å². The lowest BCUT2D eigenvalue weighted by Crippen LogP contribution is -2.12. The van der Waals surface area contributed by atoms with E-state index >= 15 is 0 Å². The molecule has 1 aromatic rings. The van der Waals surface area contributed by atoms with Gasteiger partial charge in [0.1, 0.15) is 5.82 Å². The lowest BCUT2D eigenvalue weighted by molar-refractivity contribution is 0.105. The molecule has 0 amide bonds. The van der Waals surface area contributed by atoms with Crippen molar-refractivity contribution in [2.24, 2.45) is 11.3 Å². The van der Waals surface area contributed by atoms with Gasteiger partial charge in [-0.3, -0.25) is 0 Å². The van der Waals surface area contributed by atoms with E-state index in [-0.39, 0.29) is 18.2 Å². The molecule has 2 atom stereocenters. The smallest absolute Gasteiger partial charge is 0.123 e. The summed E-state index contributed by atoms with van der Waals surface area (Å²) in [7, 11) is 0. The Morgan fingerprint density at radius 2 is 1.88 bits per heavy atom. The molecule has 0 aliphatic heterocycles. The lowest BCUT2D eigenvalue weighted by Gasteiger charge is -2.21. The molecule has 1 aromatic carbocycles. The van der Waals surface area contributed by atoms with Gasteiger partial charge < -0.3 is 5.11 Å². The summed E-state index contributed by atoms with van der Waals surface area (Å²) in [6, 6.07) is 6.20. The van der Waals surface area contributed by atoms with Crippen LogP contribution in [0.25, 0.3) is 0 Å². The second-order valence-electron chi connectivity index (χ2n) is 5.66. The molecule has 0 aromatic heterocycles. The van der Waals surface area contributed by atoms with Gasteiger partial charge in [0.2, 0.25) is 0 Å². The normalized spacial score (nSPS) is 24.1. The van der Waals surface area contributed by atoms with E-state index in [9.17, 15) is 9.50 Å². The molecule has 96 valence electrons. The molecule has 0 unspecified atom stereocenters. The van der Waals surface area contributed by atoms with Crippen molar-refractivity contribution in [1.29, 1.82) is 0 Å². The van der Waals surface area contributed by atoms with E-state index in [1.54, 1.807) is 12.1 Å². The Morgan fingerprint density at radius 1 is 1.29 bits per heavy atom. The first-order chi connectivity index (χ1) is 7.48. The van der Waals surface area contributed by atoms with Crippen LogP contribution in [0.3, 0.4) is 0 Å². The van der Waals surface area contributed by atoms with Crippen LogP contribution in [0.2, 0.25) is 0 Å². The molecule has 1 aliphatic rings. The largest absolute Gasteiger partial charge is 0.388 e. The SMILES string of the molecule is CC1(C)CC[C@H]([C@@H](O)c2ccc(F)cc2)C1.Cl. The summed E-state index contributed by atoms with van der Waals surface area (Å²) in [4.78, 5) is 0. The van der Waals surface area contributed by atoms with Gasteiger partial charge >= 0.3 is 0 Å². The Bertz CT molecular complexity index is 361. The van der Waals surface area contributed by atoms with Crippen molar-refractivity contribution in [2.45, 2.75) is 39.2 Å². The van der Waals surface area contributed by atoms with Gasteiger partial charge in [-0.15, -0.1) is 12.4 Å². The molecule has 17 heavy (non-hydrogen) atoms. The minimum atomic E-state index is -0.442. The summed E-state index contributed by atoms with van der Waals surface area (Å²) in [6.07, 6.45) is 2.83. The fourth-order valence-corrected chi connectivity index (χ4v) is 2.69. The Balaban J connectivity index is 0.00000144. The van der Waals surface area contributed by atoms with Crippen molar-refractivity contribution in [3.63, 3.8) is 0 Å². The van der Waals surface area contributed by atoms with E-state index < -0.39 is 6.10 Å². The van der Waals surface area contributed by atoms with E-state index in [4.69, 9.17) is 0 Å². The van der Waals surface area contributed by atoms with Gasteiger partial charge in [-0.25, -0.2) is 4.39 Å². The number of benzene rings is 1. The Hall–Kier alpha value is -0.600. The van der Waals surface area contributed by atoms with Crippen LogP contribution in [-0.4, -0.2) is 5.11 Å². The summed E-state index contributed by atoms with van der Waals surface area (Å²) in [5.41, 5.74) is 1.18. The summed E-state index contributed by atoms with van der Waals surface area (Å²) < 4.78 is 12.8. The Morgan fingerprint density at radius 3 is 2.35 bits per heavy atom. The van der Waals surface area contributed by atoms with Crippen LogP contribution in [0, 0.1) is 17.2 Å². The molecular weight excluding hydrogens is 239 g/mol. The first kappa shape index (κ1) is 14.5. The minimum Gasteiger partial charge on any atom is -0.388 e. The van der Waals surface area contributed by atoms with Crippen LogP contribution in [0.15, 0.2) is 24.3 Å². The summed E-state index contributed by atoms with van der Waals surface area (Å²) in [6.45, 7) is 4.48. The first-order valence-electron chi connectivity index (χ1n) is 5.91. The fraction of sp³-hybridized carbons (Fsp3) is 0.571. The van der Waals surface area contributed by atoms with Crippen LogP contribution >= 0.6 is 12.4 Å². The maximum atomic E-state index is 12.8. The van der Waals surface area contributed by atoms with Gasteiger partial charge in [-0.2, -0.15) is 0 Å². The third-order valence-corrected chi connectivity index (χ3v) is 3.66. The van der Waals surface area contributed by atoms with Gasteiger partial charge in [-0.05, 0) is 48.3 Å². The first-order valence-corrected chi connectivity index (χ1v) is 5.91. The quantitative estimate of drug-likeness (QED) is 0.847. The number of hydrogen-bond donors (Lipinski definition) is 1. The van der Waals surface area contributed by atoms with E-state index in [1.807, 2.05) is 0 Å². The molecule has 0 heterocycles. The number of aliphatic hydroxyl groups is 1. The number of rotatable bonds is 2. The average Bonchev–Trinajstić information content (AvgIpc) is 2.59. The van der Waals surface area contributed by atoms with Crippen molar-refractivity contribution >= 4 is 12.4 Å². The summed E-state index contributed by atoms with van der Waals surface area (Å²) in [5, 5.41) is 10.2. The highest BCUT2D eigenvalue weighted by molar-refractivity contribution is 5.85. The number of hydrogen-bond acceptors (Lipinski definition) is 1. The summed E-state index contributed by atoms with van der Waals surface area (Å²) in [5.74, 6) is 0.0724. The van der Waals surface area contributed by atoms with E-state index in [0.717, 1.165) is 24.8 Å². The van der Waals surface area contributed by atoms with Crippen LogP contribution in [0.5, 0.6) is 0 Å². The third kappa shape index (κ3) is 3.43. The zero-order valence-corrected chi connectivity index (χ0v) is 11.1. The van der Waals surface area contributed by atoms with E-state index in [0.29, 0.717) is 11.3 Å². The van der Waals surface area contributed by atoms with Gasteiger partial charge in [0.15, 0.2) is 0 Å². The molecule has 1 fully saturated rings. The molecule has 2 rings (SSSR count). The van der Waals surface area contributed by atoms with Crippen LogP contribution in [-0.2, 0) is 0 Å². The maximum absolute atomic E-state index is 12.8. The zero-order valence-electron chi connectivity index (χ0n) is 10.3. The molecule has 1 saturated carbocycles. The topological polar surface area (TPSA) is 20.2 Å². The molecule has 1 aliphatic carbocycles. The maximum Gasteiger partial charge on any atom is 0.123 e. The fourth-order valence-electron chi connectivity index (χ4n) is 2.69. The van der Waals surface area contributed by atoms with Crippen LogP contribution < -0.4 is 0 Å². The molecule has 0 bridgehead atoms. The van der Waals surface area contributed by atoms with Gasteiger partial charge in [0, 0.05) is 0 Å². The Labute approximate surface area is 108 Å². The van der Waals surface area contributed by atoms with Crippen molar-refractivity contribution < 1.29 is 9.50 Å². The van der Waals surface area contributed by atoms with Crippen molar-refractivity contribution in [1.82, 2.24) is 0 Å². The molecular formula is C14H20ClFO. The predicted octanol–water partition coefficient (Wildman–Crippen LogP) is 4.11. The highest BCUT2D eigenvalue weighted by Crippen LogP contribution is 2.45. The predicted molar refractivity (Wildman–Crippen MR) is 69.7 cm³/mol. The second kappa shape index (κ2) is 5.36.